The van der Waals surface area contributed by atoms with Crippen molar-refractivity contribution in [2.24, 2.45) is 0 Å². The fraction of sp³-hybridized carbons (Fsp3) is 0.211. The molecular weight excluding hydrogens is 316 g/mol. The topological polar surface area (TPSA) is 85.2 Å². The van der Waals surface area contributed by atoms with Crippen LogP contribution in [-0.4, -0.2) is 24.9 Å². The molecule has 0 radical (unpaired) electrons. The van der Waals surface area contributed by atoms with Crippen LogP contribution >= 0.6 is 0 Å². The van der Waals surface area contributed by atoms with Gasteiger partial charge in [-0.05, 0) is 48.9 Å². The van der Waals surface area contributed by atoms with Gasteiger partial charge in [0.25, 0.3) is 0 Å². The third kappa shape index (κ3) is 4.15. The Morgan fingerprint density at radius 3 is 2.64 bits per heavy atom. The molecular formula is C19H18N4O2. The summed E-state index contributed by atoms with van der Waals surface area (Å²) in [6, 6.07) is 16.3. The van der Waals surface area contributed by atoms with Gasteiger partial charge in [0, 0.05) is 30.0 Å². The van der Waals surface area contributed by atoms with Gasteiger partial charge in [-0.2, -0.15) is 5.26 Å². The Morgan fingerprint density at radius 2 is 1.96 bits per heavy atom. The van der Waals surface area contributed by atoms with Crippen LogP contribution in [0.5, 0.6) is 0 Å². The van der Waals surface area contributed by atoms with Crippen molar-refractivity contribution in [3.8, 4) is 6.07 Å². The average Bonchev–Trinajstić information content (AvgIpc) is 3.07. The summed E-state index contributed by atoms with van der Waals surface area (Å²) in [5.74, 6) is -0.0482. The monoisotopic (exact) mass is 334 g/mol. The van der Waals surface area contributed by atoms with Crippen LogP contribution in [0.2, 0.25) is 0 Å². The van der Waals surface area contributed by atoms with Gasteiger partial charge in [-0.25, -0.2) is 0 Å². The van der Waals surface area contributed by atoms with Gasteiger partial charge in [0.2, 0.25) is 11.8 Å². The van der Waals surface area contributed by atoms with E-state index >= 15 is 0 Å². The summed E-state index contributed by atoms with van der Waals surface area (Å²) >= 11 is 0. The summed E-state index contributed by atoms with van der Waals surface area (Å²) in [5, 5.41) is 14.7. The van der Waals surface area contributed by atoms with Crippen molar-refractivity contribution in [1.82, 2.24) is 0 Å². The fourth-order valence-electron chi connectivity index (χ4n) is 2.73. The van der Waals surface area contributed by atoms with Crippen molar-refractivity contribution < 1.29 is 9.59 Å². The molecule has 1 saturated heterocycles. The maximum atomic E-state index is 12.0. The van der Waals surface area contributed by atoms with E-state index < -0.39 is 0 Å². The van der Waals surface area contributed by atoms with Crippen molar-refractivity contribution in [2.45, 2.75) is 12.8 Å². The predicted molar refractivity (Wildman–Crippen MR) is 96.3 cm³/mol. The number of hydrogen-bond acceptors (Lipinski definition) is 4. The summed E-state index contributed by atoms with van der Waals surface area (Å²) in [4.78, 5) is 25.5. The SMILES string of the molecule is N#Cc1cccc(NCC(=O)Nc2ccc(N3CCCC3=O)cc2)c1. The maximum Gasteiger partial charge on any atom is 0.243 e. The van der Waals surface area contributed by atoms with E-state index in [9.17, 15) is 9.59 Å². The number of hydrogen-bond donors (Lipinski definition) is 2. The first kappa shape index (κ1) is 16.5. The maximum absolute atomic E-state index is 12.0. The molecule has 2 aromatic carbocycles. The Morgan fingerprint density at radius 1 is 1.16 bits per heavy atom. The number of carbonyl (C=O) groups is 2. The van der Waals surface area contributed by atoms with E-state index in [1.165, 1.54) is 0 Å². The molecule has 1 fully saturated rings. The lowest BCUT2D eigenvalue weighted by Crippen LogP contribution is -2.24. The molecule has 0 aromatic heterocycles. The van der Waals surface area contributed by atoms with Gasteiger partial charge >= 0.3 is 0 Å². The molecule has 0 bridgehead atoms. The van der Waals surface area contributed by atoms with Gasteiger partial charge < -0.3 is 15.5 Å². The fourth-order valence-corrected chi connectivity index (χ4v) is 2.73. The quantitative estimate of drug-likeness (QED) is 0.880. The predicted octanol–water partition coefficient (Wildman–Crippen LogP) is 2.74. The Bertz CT molecular complexity index is 824. The Kier molecular flexibility index (Phi) is 4.95. The molecule has 1 aliphatic heterocycles. The van der Waals surface area contributed by atoms with E-state index in [1.807, 2.05) is 12.1 Å². The minimum absolute atomic E-state index is 0.0985. The van der Waals surface area contributed by atoms with Crippen LogP contribution in [0.15, 0.2) is 48.5 Å². The molecule has 6 nitrogen and oxygen atoms in total. The second kappa shape index (κ2) is 7.49. The van der Waals surface area contributed by atoms with Crippen LogP contribution in [0.25, 0.3) is 0 Å². The number of nitrogens with zero attached hydrogens (tertiary/aromatic N) is 2. The molecule has 3 rings (SSSR count). The lowest BCUT2D eigenvalue weighted by molar-refractivity contribution is -0.117. The molecule has 0 saturated carbocycles. The van der Waals surface area contributed by atoms with Crippen molar-refractivity contribution in [3.05, 3.63) is 54.1 Å². The first-order chi connectivity index (χ1) is 12.2. The zero-order valence-corrected chi connectivity index (χ0v) is 13.7. The molecule has 0 aliphatic carbocycles. The second-order valence-corrected chi connectivity index (χ2v) is 5.79. The van der Waals surface area contributed by atoms with Gasteiger partial charge in [0.05, 0.1) is 18.2 Å². The smallest absolute Gasteiger partial charge is 0.243 e. The van der Waals surface area contributed by atoms with Crippen molar-refractivity contribution in [2.75, 3.05) is 28.6 Å². The zero-order chi connectivity index (χ0) is 17.6. The van der Waals surface area contributed by atoms with Crippen LogP contribution in [-0.2, 0) is 9.59 Å². The first-order valence-electron chi connectivity index (χ1n) is 8.10. The minimum Gasteiger partial charge on any atom is -0.376 e. The van der Waals surface area contributed by atoms with Crippen LogP contribution in [0.3, 0.4) is 0 Å². The lowest BCUT2D eigenvalue weighted by Gasteiger charge is -2.16. The summed E-state index contributed by atoms with van der Waals surface area (Å²) < 4.78 is 0. The van der Waals surface area contributed by atoms with E-state index in [0.29, 0.717) is 17.7 Å². The lowest BCUT2D eigenvalue weighted by atomic mass is 10.2. The number of nitrogens with one attached hydrogen (secondary N) is 2. The summed E-state index contributed by atoms with van der Waals surface area (Å²) in [6.07, 6.45) is 1.48. The number of amides is 2. The van der Waals surface area contributed by atoms with Crippen LogP contribution in [0.4, 0.5) is 17.1 Å². The van der Waals surface area contributed by atoms with Crippen LogP contribution in [0.1, 0.15) is 18.4 Å². The van der Waals surface area contributed by atoms with Crippen LogP contribution in [0, 0.1) is 11.3 Å². The standard InChI is InChI=1S/C19H18N4O2/c20-12-14-3-1-4-16(11-14)21-13-18(24)22-15-6-8-17(9-7-15)23-10-2-5-19(23)25/h1,3-4,6-9,11,21H,2,5,10,13H2,(H,22,24). The molecule has 1 aliphatic rings. The molecule has 25 heavy (non-hydrogen) atoms. The van der Waals surface area contributed by atoms with E-state index in [1.54, 1.807) is 41.3 Å². The van der Waals surface area contributed by atoms with E-state index in [4.69, 9.17) is 5.26 Å². The highest BCUT2D eigenvalue weighted by Crippen LogP contribution is 2.23. The average molecular weight is 334 g/mol. The number of benzene rings is 2. The number of nitriles is 1. The second-order valence-electron chi connectivity index (χ2n) is 5.79. The summed E-state index contributed by atoms with van der Waals surface area (Å²) in [7, 11) is 0. The molecule has 0 atom stereocenters. The number of anilines is 3. The third-order valence-corrected chi connectivity index (χ3v) is 3.98. The van der Waals surface area contributed by atoms with Crippen LogP contribution < -0.4 is 15.5 Å². The summed E-state index contributed by atoms with van der Waals surface area (Å²) in [6.45, 7) is 0.845. The molecule has 1 heterocycles. The molecule has 0 spiro atoms. The van der Waals surface area contributed by atoms with Gasteiger partial charge in [0.15, 0.2) is 0 Å². The van der Waals surface area contributed by atoms with Gasteiger partial charge in [0.1, 0.15) is 0 Å². The highest BCUT2D eigenvalue weighted by atomic mass is 16.2. The molecule has 2 aromatic rings. The molecule has 0 unspecified atom stereocenters. The first-order valence-corrected chi connectivity index (χ1v) is 8.10. The van der Waals surface area contributed by atoms with Crippen molar-refractivity contribution in [1.29, 1.82) is 5.26 Å². The highest BCUT2D eigenvalue weighted by Gasteiger charge is 2.21. The summed E-state index contributed by atoms with van der Waals surface area (Å²) in [5.41, 5.74) is 2.79. The third-order valence-electron chi connectivity index (χ3n) is 3.98. The normalized spacial score (nSPS) is 13.4. The van der Waals surface area contributed by atoms with Gasteiger partial charge in [-0.1, -0.05) is 6.07 Å². The van der Waals surface area contributed by atoms with Crippen molar-refractivity contribution >= 4 is 28.9 Å². The number of carbonyl (C=O) groups excluding carboxylic acids is 2. The van der Waals surface area contributed by atoms with Crippen molar-refractivity contribution in [3.63, 3.8) is 0 Å². The zero-order valence-electron chi connectivity index (χ0n) is 13.7. The Balaban J connectivity index is 1.54. The van der Waals surface area contributed by atoms with E-state index in [-0.39, 0.29) is 18.4 Å². The van der Waals surface area contributed by atoms with E-state index in [0.717, 1.165) is 24.3 Å². The molecule has 2 N–H and O–H groups in total. The molecule has 2 amide bonds. The largest absolute Gasteiger partial charge is 0.376 e. The molecule has 126 valence electrons. The molecule has 6 heteroatoms. The van der Waals surface area contributed by atoms with E-state index in [2.05, 4.69) is 16.7 Å². The Labute approximate surface area is 146 Å². The Hall–Kier alpha value is -3.33. The number of rotatable bonds is 5. The van der Waals surface area contributed by atoms with Gasteiger partial charge in [-0.15, -0.1) is 0 Å². The van der Waals surface area contributed by atoms with Gasteiger partial charge in [-0.3, -0.25) is 9.59 Å². The highest BCUT2D eigenvalue weighted by molar-refractivity contribution is 5.96. The minimum atomic E-state index is -0.188.